The van der Waals surface area contributed by atoms with Crippen molar-refractivity contribution in [2.45, 2.75) is 37.3 Å². The largest absolute Gasteiger partial charge is 0.323 e. The fourth-order valence-corrected chi connectivity index (χ4v) is 5.65. The highest BCUT2D eigenvalue weighted by Crippen LogP contribution is 2.58. The number of carbonyl (C=O) groups is 2. The molecule has 28 heavy (non-hydrogen) atoms. The molecule has 1 saturated heterocycles. The molecule has 2 aromatic rings. The van der Waals surface area contributed by atoms with E-state index in [9.17, 15) is 9.59 Å². The van der Waals surface area contributed by atoms with Crippen LogP contribution in [0.3, 0.4) is 0 Å². The molecule has 1 unspecified atom stereocenters. The fraction of sp³-hybridized carbons (Fsp3) is 0.333. The molecule has 2 aliphatic heterocycles. The molecule has 7 heteroatoms. The Kier molecular flexibility index (Phi) is 4.39. The van der Waals surface area contributed by atoms with E-state index in [1.807, 2.05) is 45.9 Å². The summed E-state index contributed by atoms with van der Waals surface area (Å²) in [5.41, 5.74) is 4.40. The molecule has 0 aliphatic carbocycles. The van der Waals surface area contributed by atoms with Crippen LogP contribution in [0.15, 0.2) is 36.4 Å². The molecular formula is C21H22ClN3O2S. The molecular weight excluding hydrogens is 394 g/mol. The number of halogens is 1. The van der Waals surface area contributed by atoms with Crippen molar-refractivity contribution < 1.29 is 9.59 Å². The third kappa shape index (κ3) is 2.95. The Morgan fingerprint density at radius 3 is 2.64 bits per heavy atom. The third-order valence-corrected chi connectivity index (χ3v) is 7.09. The van der Waals surface area contributed by atoms with Gasteiger partial charge in [-0.3, -0.25) is 9.69 Å². The van der Waals surface area contributed by atoms with Gasteiger partial charge in [-0.25, -0.2) is 4.79 Å². The fourth-order valence-electron chi connectivity index (χ4n) is 3.81. The number of urea groups is 1. The normalized spacial score (nSPS) is 22.3. The average molecular weight is 416 g/mol. The molecule has 4 rings (SSSR count). The van der Waals surface area contributed by atoms with Gasteiger partial charge in [-0.1, -0.05) is 17.7 Å². The van der Waals surface area contributed by atoms with Gasteiger partial charge >= 0.3 is 6.03 Å². The molecule has 146 valence electrons. The van der Waals surface area contributed by atoms with Crippen LogP contribution in [0.1, 0.15) is 30.5 Å². The predicted octanol–water partition coefficient (Wildman–Crippen LogP) is 5.12. The summed E-state index contributed by atoms with van der Waals surface area (Å²) in [6, 6.07) is 10.8. The van der Waals surface area contributed by atoms with Crippen LogP contribution in [0, 0.1) is 13.8 Å². The SMILES string of the molecule is Cc1ccc(NC(=O)N2CC(C)(C)SC23C(=O)Nc2ccc(Cl)cc23)cc1C. The van der Waals surface area contributed by atoms with Gasteiger partial charge in [0.15, 0.2) is 4.87 Å². The van der Waals surface area contributed by atoms with Crippen molar-refractivity contribution in [1.82, 2.24) is 4.90 Å². The summed E-state index contributed by atoms with van der Waals surface area (Å²) in [5, 5.41) is 6.42. The summed E-state index contributed by atoms with van der Waals surface area (Å²) in [4.78, 5) is 26.9. The van der Waals surface area contributed by atoms with E-state index in [4.69, 9.17) is 11.6 Å². The number of anilines is 2. The number of thioether (sulfide) groups is 1. The van der Waals surface area contributed by atoms with Gasteiger partial charge in [-0.05, 0) is 69.2 Å². The summed E-state index contributed by atoms with van der Waals surface area (Å²) in [7, 11) is 0. The number of hydrogen-bond acceptors (Lipinski definition) is 3. The Morgan fingerprint density at radius 1 is 1.18 bits per heavy atom. The van der Waals surface area contributed by atoms with Crippen LogP contribution in [0.5, 0.6) is 0 Å². The van der Waals surface area contributed by atoms with E-state index in [-0.39, 0.29) is 16.7 Å². The third-order valence-electron chi connectivity index (χ3n) is 5.25. The first-order valence-electron chi connectivity index (χ1n) is 9.10. The highest BCUT2D eigenvalue weighted by atomic mass is 35.5. The van der Waals surface area contributed by atoms with Gasteiger partial charge in [0.05, 0.1) is 0 Å². The molecule has 2 aliphatic rings. The second kappa shape index (κ2) is 6.42. The van der Waals surface area contributed by atoms with Crippen molar-refractivity contribution in [3.63, 3.8) is 0 Å². The lowest BCUT2D eigenvalue weighted by Gasteiger charge is -2.32. The maximum Gasteiger partial charge on any atom is 0.323 e. The highest BCUT2D eigenvalue weighted by Gasteiger charge is 2.61. The predicted molar refractivity (Wildman–Crippen MR) is 115 cm³/mol. The van der Waals surface area contributed by atoms with Crippen molar-refractivity contribution >= 4 is 46.7 Å². The van der Waals surface area contributed by atoms with E-state index in [1.165, 1.54) is 11.8 Å². The molecule has 1 spiro atoms. The quantitative estimate of drug-likeness (QED) is 0.679. The second-order valence-electron chi connectivity index (χ2n) is 7.97. The first-order valence-corrected chi connectivity index (χ1v) is 10.3. The Hall–Kier alpha value is -2.18. The van der Waals surface area contributed by atoms with E-state index in [1.54, 1.807) is 23.1 Å². The first-order chi connectivity index (χ1) is 13.1. The molecule has 0 radical (unpaired) electrons. The number of nitrogens with zero attached hydrogens (tertiary/aromatic N) is 1. The van der Waals surface area contributed by atoms with Gasteiger partial charge in [-0.15, -0.1) is 11.8 Å². The first kappa shape index (κ1) is 19.2. The molecule has 0 saturated carbocycles. The summed E-state index contributed by atoms with van der Waals surface area (Å²) < 4.78 is -0.290. The summed E-state index contributed by atoms with van der Waals surface area (Å²) in [6.07, 6.45) is 0. The van der Waals surface area contributed by atoms with E-state index < -0.39 is 4.87 Å². The number of amides is 3. The standard InChI is InChI=1S/C21H22ClN3O2S/c1-12-5-7-15(9-13(12)2)23-19(27)25-11-20(3,4)28-21(25)16-10-14(22)6-8-17(16)24-18(21)26/h5-10H,11H2,1-4H3,(H,23,27)(H,24,26). The number of hydrogen-bond donors (Lipinski definition) is 2. The van der Waals surface area contributed by atoms with Gasteiger partial charge in [0.25, 0.3) is 5.91 Å². The summed E-state index contributed by atoms with van der Waals surface area (Å²) >= 11 is 7.71. The zero-order valence-electron chi connectivity index (χ0n) is 16.2. The topological polar surface area (TPSA) is 61.4 Å². The Morgan fingerprint density at radius 2 is 1.93 bits per heavy atom. The maximum atomic E-state index is 13.3. The number of fused-ring (bicyclic) bond motifs is 2. The maximum absolute atomic E-state index is 13.3. The van der Waals surface area contributed by atoms with Crippen molar-refractivity contribution in [1.29, 1.82) is 0 Å². The van der Waals surface area contributed by atoms with Gasteiger partial charge in [-0.2, -0.15) is 0 Å². The monoisotopic (exact) mass is 415 g/mol. The van der Waals surface area contributed by atoms with E-state index in [0.29, 0.717) is 22.9 Å². The van der Waals surface area contributed by atoms with Crippen LogP contribution in [-0.2, 0) is 9.67 Å². The highest BCUT2D eigenvalue weighted by molar-refractivity contribution is 8.02. The lowest BCUT2D eigenvalue weighted by Crippen LogP contribution is -2.49. The number of carbonyl (C=O) groups excluding carboxylic acids is 2. The van der Waals surface area contributed by atoms with Crippen molar-refractivity contribution in [3.05, 3.63) is 58.1 Å². The number of rotatable bonds is 1. The minimum absolute atomic E-state index is 0.212. The van der Waals surface area contributed by atoms with E-state index >= 15 is 0 Å². The average Bonchev–Trinajstić information content (AvgIpc) is 3.06. The number of aryl methyl sites for hydroxylation is 2. The van der Waals surface area contributed by atoms with E-state index in [0.717, 1.165) is 16.7 Å². The minimum atomic E-state index is -1.13. The molecule has 1 fully saturated rings. The minimum Gasteiger partial charge on any atom is -0.323 e. The van der Waals surface area contributed by atoms with Crippen LogP contribution >= 0.6 is 23.4 Å². The molecule has 2 aromatic carbocycles. The van der Waals surface area contributed by atoms with Crippen molar-refractivity contribution in [3.8, 4) is 0 Å². The van der Waals surface area contributed by atoms with Gasteiger partial charge in [0, 0.05) is 33.3 Å². The molecule has 2 N–H and O–H groups in total. The van der Waals surface area contributed by atoms with Crippen LogP contribution in [0.2, 0.25) is 5.02 Å². The Bertz CT molecular complexity index is 1010. The van der Waals surface area contributed by atoms with Crippen molar-refractivity contribution in [2.24, 2.45) is 0 Å². The molecule has 2 heterocycles. The molecule has 3 amide bonds. The van der Waals surface area contributed by atoms with Crippen LogP contribution in [0.25, 0.3) is 0 Å². The van der Waals surface area contributed by atoms with Crippen LogP contribution in [0.4, 0.5) is 16.2 Å². The molecule has 0 aromatic heterocycles. The smallest absolute Gasteiger partial charge is 0.323 e. The lowest BCUT2D eigenvalue weighted by molar-refractivity contribution is -0.121. The van der Waals surface area contributed by atoms with Gasteiger partial charge in [0.2, 0.25) is 0 Å². The zero-order valence-corrected chi connectivity index (χ0v) is 17.8. The Labute approximate surface area is 173 Å². The molecule has 5 nitrogen and oxygen atoms in total. The lowest BCUT2D eigenvalue weighted by atomic mass is 10.0. The zero-order chi connectivity index (χ0) is 20.3. The molecule has 0 bridgehead atoms. The number of nitrogens with one attached hydrogen (secondary N) is 2. The van der Waals surface area contributed by atoms with Crippen molar-refractivity contribution in [2.75, 3.05) is 17.2 Å². The van der Waals surface area contributed by atoms with Gasteiger partial charge < -0.3 is 10.6 Å². The summed E-state index contributed by atoms with van der Waals surface area (Å²) in [5.74, 6) is -0.212. The van der Waals surface area contributed by atoms with Gasteiger partial charge in [0.1, 0.15) is 0 Å². The molecule has 1 atom stereocenters. The van der Waals surface area contributed by atoms with E-state index in [2.05, 4.69) is 10.6 Å². The van der Waals surface area contributed by atoms with Crippen LogP contribution < -0.4 is 10.6 Å². The number of benzene rings is 2. The second-order valence-corrected chi connectivity index (χ2v) is 10.3. The summed E-state index contributed by atoms with van der Waals surface area (Å²) in [6.45, 7) is 8.55. The Balaban J connectivity index is 1.75. The van der Waals surface area contributed by atoms with Crippen LogP contribution in [-0.4, -0.2) is 28.1 Å².